The molecule has 0 amide bonds. The molecule has 2 atom stereocenters. The van der Waals surface area contributed by atoms with Gasteiger partial charge in [0.15, 0.2) is 0 Å². The summed E-state index contributed by atoms with van der Waals surface area (Å²) in [5.41, 5.74) is 1.47. The molecule has 0 bridgehead atoms. The Morgan fingerprint density at radius 3 is 2.48 bits per heavy atom. The molecule has 6 heteroatoms. The lowest BCUT2D eigenvalue weighted by Gasteiger charge is -2.43. The van der Waals surface area contributed by atoms with Crippen LogP contribution in [0.3, 0.4) is 0 Å². The summed E-state index contributed by atoms with van der Waals surface area (Å²) in [5.74, 6) is 0.691. The van der Waals surface area contributed by atoms with Gasteiger partial charge < -0.3 is 9.47 Å². The lowest BCUT2D eigenvalue weighted by atomic mass is 9.91. The third-order valence-electron chi connectivity index (χ3n) is 4.92. The summed E-state index contributed by atoms with van der Waals surface area (Å²) in [7, 11) is -1.93. The van der Waals surface area contributed by atoms with Gasteiger partial charge in [-0.25, -0.2) is 8.42 Å². The second-order valence-electron chi connectivity index (χ2n) is 6.47. The average Bonchev–Trinajstić information content (AvgIpc) is 2.53. The van der Waals surface area contributed by atoms with Crippen LogP contribution in [0.2, 0.25) is 0 Å². The van der Waals surface area contributed by atoms with E-state index in [-0.39, 0.29) is 12.1 Å². The molecule has 2 aliphatic rings. The molecule has 1 saturated heterocycles. The van der Waals surface area contributed by atoms with E-state index < -0.39 is 10.0 Å². The van der Waals surface area contributed by atoms with Crippen LogP contribution in [0.15, 0.2) is 17.0 Å². The van der Waals surface area contributed by atoms with Crippen molar-refractivity contribution in [3.63, 3.8) is 0 Å². The van der Waals surface area contributed by atoms with Crippen LogP contribution >= 0.6 is 0 Å². The normalized spacial score (nSPS) is 25.9. The molecule has 1 heterocycles. The number of aryl methyl sites for hydroxylation is 2. The van der Waals surface area contributed by atoms with Gasteiger partial charge in [-0.1, -0.05) is 12.8 Å². The van der Waals surface area contributed by atoms with Gasteiger partial charge in [0.25, 0.3) is 0 Å². The van der Waals surface area contributed by atoms with E-state index in [4.69, 9.17) is 9.47 Å². The number of hydrogen-bond acceptors (Lipinski definition) is 4. The minimum Gasteiger partial charge on any atom is -0.497 e. The van der Waals surface area contributed by atoms with Crippen molar-refractivity contribution in [3.8, 4) is 5.75 Å². The first-order chi connectivity index (χ1) is 10.9. The highest BCUT2D eigenvalue weighted by Crippen LogP contribution is 2.35. The van der Waals surface area contributed by atoms with Crippen LogP contribution in [0.5, 0.6) is 5.75 Å². The van der Waals surface area contributed by atoms with E-state index in [1.165, 1.54) is 0 Å². The standard InChI is InChI=1S/C17H25NO4S/c1-12-10-14(21-3)11-13(2)17(12)23(19,20)18-8-9-22-16-7-5-4-6-15(16)18/h10-11,15-16H,4-9H2,1-3H3. The minimum atomic E-state index is -3.52. The first-order valence-corrected chi connectivity index (χ1v) is 9.68. The number of benzene rings is 1. The number of fused-ring (bicyclic) bond motifs is 1. The van der Waals surface area contributed by atoms with E-state index in [0.29, 0.717) is 23.8 Å². The average molecular weight is 339 g/mol. The highest BCUT2D eigenvalue weighted by Gasteiger charge is 2.41. The molecule has 128 valence electrons. The number of morpholine rings is 1. The molecule has 2 fully saturated rings. The van der Waals surface area contributed by atoms with Gasteiger partial charge in [0.2, 0.25) is 10.0 Å². The first-order valence-electron chi connectivity index (χ1n) is 8.24. The van der Waals surface area contributed by atoms with Crippen LogP contribution in [0.25, 0.3) is 0 Å². The highest BCUT2D eigenvalue weighted by atomic mass is 32.2. The van der Waals surface area contributed by atoms with Crippen molar-refractivity contribution in [1.29, 1.82) is 0 Å². The molecule has 23 heavy (non-hydrogen) atoms. The predicted molar refractivity (Wildman–Crippen MR) is 88.4 cm³/mol. The van der Waals surface area contributed by atoms with Crippen LogP contribution in [0.4, 0.5) is 0 Å². The zero-order valence-corrected chi connectivity index (χ0v) is 14.9. The smallest absolute Gasteiger partial charge is 0.244 e. The molecule has 1 saturated carbocycles. The fraction of sp³-hybridized carbons (Fsp3) is 0.647. The Balaban J connectivity index is 2.01. The van der Waals surface area contributed by atoms with Gasteiger partial charge in [0.05, 0.1) is 30.8 Å². The molecule has 1 aromatic carbocycles. The van der Waals surface area contributed by atoms with E-state index in [9.17, 15) is 8.42 Å². The third-order valence-corrected chi connectivity index (χ3v) is 7.15. The van der Waals surface area contributed by atoms with Crippen LogP contribution in [-0.4, -0.2) is 45.1 Å². The van der Waals surface area contributed by atoms with E-state index in [1.54, 1.807) is 23.5 Å². The molecule has 0 aromatic heterocycles. The maximum Gasteiger partial charge on any atom is 0.244 e. The zero-order valence-electron chi connectivity index (χ0n) is 14.0. The molecule has 1 aromatic rings. The monoisotopic (exact) mass is 339 g/mol. The van der Waals surface area contributed by atoms with Gasteiger partial charge in [-0.3, -0.25) is 0 Å². The minimum absolute atomic E-state index is 0.0246. The molecular formula is C17H25NO4S. The second-order valence-corrected chi connectivity index (χ2v) is 8.29. The number of nitrogens with zero attached hydrogens (tertiary/aromatic N) is 1. The summed E-state index contributed by atoms with van der Waals surface area (Å²) in [6, 6.07) is 3.56. The molecular weight excluding hydrogens is 314 g/mol. The van der Waals surface area contributed by atoms with Gasteiger partial charge in [-0.15, -0.1) is 0 Å². The first kappa shape index (κ1) is 16.7. The van der Waals surface area contributed by atoms with Crippen LogP contribution in [0, 0.1) is 13.8 Å². The fourth-order valence-electron chi connectivity index (χ4n) is 3.91. The number of hydrogen-bond donors (Lipinski definition) is 0. The topological polar surface area (TPSA) is 55.8 Å². The fourth-order valence-corrected chi connectivity index (χ4v) is 5.99. The molecule has 2 unspecified atom stereocenters. The van der Waals surface area contributed by atoms with Gasteiger partial charge in [0, 0.05) is 6.54 Å². The number of methoxy groups -OCH3 is 1. The van der Waals surface area contributed by atoms with Gasteiger partial charge in [-0.2, -0.15) is 4.31 Å². The summed E-state index contributed by atoms with van der Waals surface area (Å²) in [6.07, 6.45) is 4.08. The zero-order chi connectivity index (χ0) is 16.6. The SMILES string of the molecule is COc1cc(C)c(S(=O)(=O)N2CCOC3CCCCC32)c(C)c1. The Kier molecular flexibility index (Phi) is 4.67. The summed E-state index contributed by atoms with van der Waals surface area (Å²) in [6.45, 7) is 4.59. The van der Waals surface area contributed by atoms with Crippen molar-refractivity contribution in [2.24, 2.45) is 0 Å². The molecule has 0 N–H and O–H groups in total. The lowest BCUT2D eigenvalue weighted by molar-refractivity contribution is -0.0586. The predicted octanol–water partition coefficient (Wildman–Crippen LogP) is 2.64. The van der Waals surface area contributed by atoms with Crippen molar-refractivity contribution in [2.45, 2.75) is 56.6 Å². The summed E-state index contributed by atoms with van der Waals surface area (Å²) >= 11 is 0. The Hall–Kier alpha value is -1.11. The van der Waals surface area contributed by atoms with Crippen LogP contribution in [0.1, 0.15) is 36.8 Å². The van der Waals surface area contributed by atoms with E-state index in [1.807, 2.05) is 13.8 Å². The summed E-state index contributed by atoms with van der Waals surface area (Å²) < 4.78 is 39.4. The van der Waals surface area contributed by atoms with Crippen molar-refractivity contribution in [3.05, 3.63) is 23.3 Å². The molecule has 0 radical (unpaired) electrons. The highest BCUT2D eigenvalue weighted by molar-refractivity contribution is 7.89. The third kappa shape index (κ3) is 2.99. The molecule has 1 aliphatic heterocycles. The Morgan fingerprint density at radius 1 is 1.17 bits per heavy atom. The second kappa shape index (κ2) is 6.42. The van der Waals surface area contributed by atoms with Gasteiger partial charge in [-0.05, 0) is 49.9 Å². The van der Waals surface area contributed by atoms with Crippen LogP contribution < -0.4 is 4.74 Å². The largest absolute Gasteiger partial charge is 0.497 e. The molecule has 0 spiro atoms. The van der Waals surface area contributed by atoms with E-state index in [0.717, 1.165) is 36.8 Å². The van der Waals surface area contributed by atoms with Crippen molar-refractivity contribution >= 4 is 10.0 Å². The summed E-state index contributed by atoms with van der Waals surface area (Å²) in [4.78, 5) is 0.421. The van der Waals surface area contributed by atoms with Crippen molar-refractivity contribution in [1.82, 2.24) is 4.31 Å². The van der Waals surface area contributed by atoms with Crippen molar-refractivity contribution in [2.75, 3.05) is 20.3 Å². The number of sulfonamides is 1. The maximum atomic E-state index is 13.3. The van der Waals surface area contributed by atoms with Crippen LogP contribution in [-0.2, 0) is 14.8 Å². The van der Waals surface area contributed by atoms with Crippen molar-refractivity contribution < 1.29 is 17.9 Å². The lowest BCUT2D eigenvalue weighted by Crippen LogP contribution is -2.54. The number of ether oxygens (including phenoxy) is 2. The Labute approximate surface area is 138 Å². The molecule has 3 rings (SSSR count). The van der Waals surface area contributed by atoms with Gasteiger partial charge in [0.1, 0.15) is 5.75 Å². The Bertz CT molecular complexity index is 661. The molecule has 5 nitrogen and oxygen atoms in total. The quantitative estimate of drug-likeness (QED) is 0.849. The maximum absolute atomic E-state index is 13.3. The Morgan fingerprint density at radius 2 is 1.83 bits per heavy atom. The summed E-state index contributed by atoms with van der Waals surface area (Å²) in [5, 5.41) is 0. The van der Waals surface area contributed by atoms with E-state index in [2.05, 4.69) is 0 Å². The number of rotatable bonds is 3. The van der Waals surface area contributed by atoms with E-state index >= 15 is 0 Å². The molecule has 1 aliphatic carbocycles. The van der Waals surface area contributed by atoms with Gasteiger partial charge >= 0.3 is 0 Å².